The van der Waals surface area contributed by atoms with Gasteiger partial charge in [0.25, 0.3) is 0 Å². The second kappa shape index (κ2) is 4.01. The van der Waals surface area contributed by atoms with Crippen molar-refractivity contribution in [3.8, 4) is 0 Å². The minimum atomic E-state index is -0.289. The van der Waals surface area contributed by atoms with Crippen LogP contribution in [0.15, 0.2) is 0 Å². The molecule has 15 heavy (non-hydrogen) atoms. The predicted molar refractivity (Wildman–Crippen MR) is 61.9 cm³/mol. The first-order valence-corrected chi connectivity index (χ1v) is 5.93. The van der Waals surface area contributed by atoms with Crippen LogP contribution < -0.4 is 0 Å². The van der Waals surface area contributed by atoms with Crippen molar-refractivity contribution >= 4 is 0 Å². The van der Waals surface area contributed by atoms with E-state index < -0.39 is 0 Å². The number of aliphatic hydroxyl groups excluding tert-OH is 1. The molecule has 0 saturated heterocycles. The summed E-state index contributed by atoms with van der Waals surface area (Å²) in [7, 11) is 0. The maximum atomic E-state index is 10.1. The van der Waals surface area contributed by atoms with Crippen LogP contribution in [0.1, 0.15) is 54.3 Å². The molecule has 1 heterocycles. The van der Waals surface area contributed by atoms with E-state index in [1.54, 1.807) is 0 Å². The summed E-state index contributed by atoms with van der Waals surface area (Å²) in [4.78, 5) is 3.32. The first-order chi connectivity index (χ1) is 7.09. The Kier molecular flexibility index (Phi) is 2.87. The fraction of sp³-hybridized carbons (Fsp3) is 0.692. The van der Waals surface area contributed by atoms with E-state index in [0.29, 0.717) is 0 Å². The average Bonchev–Trinajstić information content (AvgIpc) is 2.39. The van der Waals surface area contributed by atoms with Gasteiger partial charge in [0.15, 0.2) is 0 Å². The third kappa shape index (κ3) is 1.96. The smallest absolute Gasteiger partial charge is 0.0943 e. The lowest BCUT2D eigenvalue weighted by molar-refractivity contribution is 0.115. The SMILES string of the molecule is Cc1[nH]c(C(O)CC2CCC2)c(C)c1C. The summed E-state index contributed by atoms with van der Waals surface area (Å²) in [6.45, 7) is 6.28. The van der Waals surface area contributed by atoms with Crippen molar-refractivity contribution in [2.75, 3.05) is 0 Å². The molecule has 1 aromatic heterocycles. The zero-order chi connectivity index (χ0) is 11.0. The van der Waals surface area contributed by atoms with Gasteiger partial charge in [-0.05, 0) is 44.2 Å². The number of aryl methyl sites for hydroxylation is 1. The van der Waals surface area contributed by atoms with Crippen LogP contribution in [0.25, 0.3) is 0 Å². The van der Waals surface area contributed by atoms with Crippen LogP contribution in [0.5, 0.6) is 0 Å². The van der Waals surface area contributed by atoms with Crippen LogP contribution in [0.4, 0.5) is 0 Å². The number of nitrogens with one attached hydrogen (secondary N) is 1. The van der Waals surface area contributed by atoms with Crippen LogP contribution in [0.2, 0.25) is 0 Å². The molecule has 1 unspecified atom stereocenters. The van der Waals surface area contributed by atoms with Crippen molar-refractivity contribution < 1.29 is 5.11 Å². The van der Waals surface area contributed by atoms with E-state index in [4.69, 9.17) is 0 Å². The molecule has 2 N–H and O–H groups in total. The lowest BCUT2D eigenvalue weighted by atomic mass is 9.81. The number of aromatic amines is 1. The minimum absolute atomic E-state index is 0.289. The van der Waals surface area contributed by atoms with Gasteiger partial charge in [0.05, 0.1) is 6.10 Å². The Hall–Kier alpha value is -0.760. The fourth-order valence-corrected chi connectivity index (χ4v) is 2.37. The molecule has 0 spiro atoms. The summed E-state index contributed by atoms with van der Waals surface area (Å²) in [6.07, 6.45) is 4.59. The molecule has 0 aliphatic heterocycles. The largest absolute Gasteiger partial charge is 0.387 e. The first kappa shape index (κ1) is 10.7. The molecular formula is C13H21NO. The third-order valence-electron chi connectivity index (χ3n) is 3.97. The number of rotatable bonds is 3. The highest BCUT2D eigenvalue weighted by atomic mass is 16.3. The monoisotopic (exact) mass is 207 g/mol. The van der Waals surface area contributed by atoms with Gasteiger partial charge >= 0.3 is 0 Å². The van der Waals surface area contributed by atoms with Crippen molar-refractivity contribution in [1.29, 1.82) is 0 Å². The Morgan fingerprint density at radius 2 is 1.93 bits per heavy atom. The number of aromatic nitrogens is 1. The van der Waals surface area contributed by atoms with Crippen molar-refractivity contribution in [3.05, 3.63) is 22.5 Å². The number of hydrogen-bond acceptors (Lipinski definition) is 1. The third-order valence-corrected chi connectivity index (χ3v) is 3.97. The molecule has 1 aliphatic carbocycles. The van der Waals surface area contributed by atoms with Gasteiger partial charge in [-0.25, -0.2) is 0 Å². The van der Waals surface area contributed by atoms with Crippen molar-refractivity contribution in [1.82, 2.24) is 4.98 Å². The maximum absolute atomic E-state index is 10.1. The van der Waals surface area contributed by atoms with E-state index in [-0.39, 0.29) is 6.10 Å². The van der Waals surface area contributed by atoms with Crippen LogP contribution in [0, 0.1) is 26.7 Å². The standard InChI is InChI=1S/C13H21NO/c1-8-9(2)13(14-10(8)3)12(15)7-11-5-4-6-11/h11-12,14-15H,4-7H2,1-3H3. The summed E-state index contributed by atoms with van der Waals surface area (Å²) in [6, 6.07) is 0. The van der Waals surface area contributed by atoms with E-state index >= 15 is 0 Å². The van der Waals surface area contributed by atoms with Crippen LogP contribution in [-0.2, 0) is 0 Å². The molecule has 0 aromatic carbocycles. The highest BCUT2D eigenvalue weighted by molar-refractivity contribution is 5.35. The van der Waals surface area contributed by atoms with E-state index in [1.165, 1.54) is 36.1 Å². The zero-order valence-corrected chi connectivity index (χ0v) is 9.93. The Bertz CT molecular complexity index is 350. The Morgan fingerprint density at radius 1 is 1.27 bits per heavy atom. The molecule has 0 bridgehead atoms. The van der Waals surface area contributed by atoms with Gasteiger partial charge in [-0.2, -0.15) is 0 Å². The Labute approximate surface area is 91.7 Å². The average molecular weight is 207 g/mol. The van der Waals surface area contributed by atoms with Crippen molar-refractivity contribution in [2.45, 2.75) is 52.6 Å². The summed E-state index contributed by atoms with van der Waals surface area (Å²) in [5.41, 5.74) is 4.75. The molecule has 2 heteroatoms. The van der Waals surface area contributed by atoms with E-state index in [0.717, 1.165) is 18.0 Å². The highest BCUT2D eigenvalue weighted by Gasteiger charge is 2.24. The molecule has 1 atom stereocenters. The molecule has 2 rings (SSSR count). The quantitative estimate of drug-likeness (QED) is 0.784. The summed E-state index contributed by atoms with van der Waals surface area (Å²) >= 11 is 0. The number of hydrogen-bond donors (Lipinski definition) is 2. The van der Waals surface area contributed by atoms with Gasteiger partial charge in [-0.15, -0.1) is 0 Å². The second-order valence-corrected chi connectivity index (χ2v) is 4.96. The fourth-order valence-electron chi connectivity index (χ4n) is 2.37. The van der Waals surface area contributed by atoms with E-state index in [1.807, 2.05) is 0 Å². The normalized spacial score (nSPS) is 18.9. The highest BCUT2D eigenvalue weighted by Crippen LogP contribution is 2.35. The zero-order valence-electron chi connectivity index (χ0n) is 9.93. The van der Waals surface area contributed by atoms with Gasteiger partial charge in [0.2, 0.25) is 0 Å². The van der Waals surface area contributed by atoms with Gasteiger partial charge in [0.1, 0.15) is 0 Å². The molecule has 0 radical (unpaired) electrons. The lowest BCUT2D eigenvalue weighted by Gasteiger charge is -2.27. The van der Waals surface area contributed by atoms with Gasteiger partial charge in [0, 0.05) is 11.4 Å². The summed E-state index contributed by atoms with van der Waals surface area (Å²) in [5.74, 6) is 0.753. The number of H-pyrrole nitrogens is 1. The van der Waals surface area contributed by atoms with Gasteiger partial charge in [-0.3, -0.25) is 0 Å². The molecule has 84 valence electrons. The lowest BCUT2D eigenvalue weighted by Crippen LogP contribution is -2.15. The van der Waals surface area contributed by atoms with E-state index in [9.17, 15) is 5.11 Å². The molecule has 1 saturated carbocycles. The Morgan fingerprint density at radius 3 is 2.33 bits per heavy atom. The summed E-state index contributed by atoms with van der Waals surface area (Å²) in [5, 5.41) is 10.1. The molecule has 1 aliphatic rings. The minimum Gasteiger partial charge on any atom is -0.387 e. The van der Waals surface area contributed by atoms with Gasteiger partial charge in [-0.1, -0.05) is 19.3 Å². The van der Waals surface area contributed by atoms with Crippen LogP contribution >= 0.6 is 0 Å². The second-order valence-electron chi connectivity index (χ2n) is 4.96. The number of aliphatic hydroxyl groups is 1. The molecular weight excluding hydrogens is 186 g/mol. The van der Waals surface area contributed by atoms with Crippen molar-refractivity contribution in [3.63, 3.8) is 0 Å². The first-order valence-electron chi connectivity index (χ1n) is 5.93. The predicted octanol–water partition coefficient (Wildman–Crippen LogP) is 3.16. The molecule has 2 nitrogen and oxygen atoms in total. The topological polar surface area (TPSA) is 36.0 Å². The summed E-state index contributed by atoms with van der Waals surface area (Å²) < 4.78 is 0. The molecule has 1 fully saturated rings. The molecule has 0 amide bonds. The van der Waals surface area contributed by atoms with Gasteiger partial charge < -0.3 is 10.1 Å². The van der Waals surface area contributed by atoms with Crippen LogP contribution in [-0.4, -0.2) is 10.1 Å². The van der Waals surface area contributed by atoms with Crippen LogP contribution in [0.3, 0.4) is 0 Å². The van der Waals surface area contributed by atoms with E-state index in [2.05, 4.69) is 25.8 Å². The molecule has 1 aromatic rings. The maximum Gasteiger partial charge on any atom is 0.0943 e. The van der Waals surface area contributed by atoms with Crippen molar-refractivity contribution in [2.24, 2.45) is 5.92 Å². The Balaban J connectivity index is 2.10.